The van der Waals surface area contributed by atoms with E-state index < -0.39 is 0 Å². The number of aromatic nitrogens is 2. The molecule has 0 amide bonds. The van der Waals surface area contributed by atoms with Gasteiger partial charge in [-0.1, -0.05) is 20.8 Å². The molecule has 1 aromatic rings. The van der Waals surface area contributed by atoms with Crippen LogP contribution >= 0.6 is 0 Å². The second-order valence-corrected chi connectivity index (χ2v) is 6.36. The summed E-state index contributed by atoms with van der Waals surface area (Å²) in [6, 6.07) is 0. The highest BCUT2D eigenvalue weighted by molar-refractivity contribution is 5.42. The average molecular weight is 233 g/mol. The second-order valence-electron chi connectivity index (χ2n) is 6.36. The topological polar surface area (TPSA) is 38.2 Å². The molecule has 0 unspecified atom stereocenters. The van der Waals surface area contributed by atoms with Gasteiger partial charge in [0.15, 0.2) is 0 Å². The highest BCUT2D eigenvalue weighted by atomic mass is 16.5. The van der Waals surface area contributed by atoms with Gasteiger partial charge in [0, 0.05) is 24.7 Å². The van der Waals surface area contributed by atoms with Gasteiger partial charge in [-0.3, -0.25) is 4.98 Å². The van der Waals surface area contributed by atoms with Crippen LogP contribution in [0.25, 0.3) is 0 Å². The molecule has 0 aromatic carbocycles. The Morgan fingerprint density at radius 1 is 1.24 bits per heavy atom. The van der Waals surface area contributed by atoms with E-state index >= 15 is 0 Å². The fraction of sp³-hybridized carbons (Fsp3) is 0.692. The third kappa shape index (κ3) is 1.80. The predicted octanol–water partition coefficient (Wildman–Crippen LogP) is 1.61. The quantitative estimate of drug-likeness (QED) is 0.738. The Bertz CT molecular complexity index is 427. The summed E-state index contributed by atoms with van der Waals surface area (Å²) in [5.41, 5.74) is 1.55. The van der Waals surface area contributed by atoms with Crippen molar-refractivity contribution in [2.24, 2.45) is 5.41 Å². The summed E-state index contributed by atoms with van der Waals surface area (Å²) >= 11 is 0. The average Bonchev–Trinajstić information content (AvgIpc) is 2.12. The minimum atomic E-state index is 0.0607. The van der Waals surface area contributed by atoms with Gasteiger partial charge < -0.3 is 9.64 Å². The lowest BCUT2D eigenvalue weighted by Crippen LogP contribution is -2.66. The SMILES string of the molecule is CC(C)(C)c1cncc(N2CC3(COC3)C2)n1. The number of hydrogen-bond donors (Lipinski definition) is 0. The lowest BCUT2D eigenvalue weighted by atomic mass is 9.78. The first-order valence-corrected chi connectivity index (χ1v) is 6.14. The summed E-state index contributed by atoms with van der Waals surface area (Å²) in [7, 11) is 0. The highest BCUT2D eigenvalue weighted by Crippen LogP contribution is 2.39. The molecular weight excluding hydrogens is 214 g/mol. The molecule has 2 fully saturated rings. The van der Waals surface area contributed by atoms with Gasteiger partial charge in [0.25, 0.3) is 0 Å². The van der Waals surface area contributed by atoms with Crippen LogP contribution in [-0.2, 0) is 10.2 Å². The van der Waals surface area contributed by atoms with Crippen LogP contribution in [-0.4, -0.2) is 36.3 Å². The van der Waals surface area contributed by atoms with Gasteiger partial charge >= 0.3 is 0 Å². The van der Waals surface area contributed by atoms with Crippen LogP contribution in [0, 0.1) is 5.41 Å². The van der Waals surface area contributed by atoms with Gasteiger partial charge in [-0.2, -0.15) is 0 Å². The molecule has 0 N–H and O–H groups in total. The smallest absolute Gasteiger partial charge is 0.147 e. The molecule has 0 bridgehead atoms. The molecule has 0 saturated carbocycles. The lowest BCUT2D eigenvalue weighted by Gasteiger charge is -2.55. The van der Waals surface area contributed by atoms with E-state index in [1.807, 2.05) is 12.4 Å². The molecule has 2 aliphatic rings. The van der Waals surface area contributed by atoms with E-state index in [9.17, 15) is 0 Å². The van der Waals surface area contributed by atoms with Gasteiger partial charge in [0.2, 0.25) is 0 Å². The molecule has 92 valence electrons. The predicted molar refractivity (Wildman–Crippen MR) is 66.2 cm³/mol. The zero-order valence-corrected chi connectivity index (χ0v) is 10.7. The zero-order valence-electron chi connectivity index (χ0n) is 10.7. The zero-order chi connectivity index (χ0) is 12.1. The Morgan fingerprint density at radius 2 is 1.94 bits per heavy atom. The van der Waals surface area contributed by atoms with E-state index in [2.05, 4.69) is 30.7 Å². The van der Waals surface area contributed by atoms with Gasteiger partial charge in [0.1, 0.15) is 5.82 Å². The molecule has 17 heavy (non-hydrogen) atoms. The van der Waals surface area contributed by atoms with Crippen molar-refractivity contribution < 1.29 is 4.74 Å². The Kier molecular flexibility index (Phi) is 2.20. The van der Waals surface area contributed by atoms with Crippen molar-refractivity contribution >= 4 is 5.82 Å². The van der Waals surface area contributed by atoms with E-state index in [4.69, 9.17) is 9.72 Å². The summed E-state index contributed by atoms with van der Waals surface area (Å²) in [4.78, 5) is 11.3. The molecule has 2 saturated heterocycles. The van der Waals surface area contributed by atoms with Crippen LogP contribution in [0.2, 0.25) is 0 Å². The second kappa shape index (κ2) is 3.42. The van der Waals surface area contributed by atoms with Crippen LogP contribution in [0.3, 0.4) is 0 Å². The normalized spacial score (nSPS) is 22.2. The number of nitrogens with zero attached hydrogens (tertiary/aromatic N) is 3. The monoisotopic (exact) mass is 233 g/mol. The molecule has 0 aliphatic carbocycles. The van der Waals surface area contributed by atoms with Gasteiger partial charge in [0.05, 0.1) is 30.5 Å². The molecule has 0 radical (unpaired) electrons. The third-order valence-corrected chi connectivity index (χ3v) is 3.58. The number of rotatable bonds is 1. The van der Waals surface area contributed by atoms with Crippen LogP contribution in [0.15, 0.2) is 12.4 Å². The minimum absolute atomic E-state index is 0.0607. The highest BCUT2D eigenvalue weighted by Gasteiger charge is 2.49. The van der Waals surface area contributed by atoms with E-state index in [0.29, 0.717) is 5.41 Å². The molecule has 2 aliphatic heterocycles. The summed E-state index contributed by atoms with van der Waals surface area (Å²) in [6.07, 6.45) is 3.73. The molecule has 0 atom stereocenters. The van der Waals surface area contributed by atoms with E-state index in [0.717, 1.165) is 37.8 Å². The Labute approximate surface area is 102 Å². The fourth-order valence-corrected chi connectivity index (χ4v) is 2.37. The van der Waals surface area contributed by atoms with Crippen molar-refractivity contribution in [3.63, 3.8) is 0 Å². The Morgan fingerprint density at radius 3 is 2.47 bits per heavy atom. The lowest BCUT2D eigenvalue weighted by molar-refractivity contribution is -0.127. The van der Waals surface area contributed by atoms with E-state index in [-0.39, 0.29) is 5.41 Å². The Hall–Kier alpha value is -1.16. The molecule has 1 aromatic heterocycles. The number of ether oxygens (including phenoxy) is 1. The molecule has 3 heterocycles. The van der Waals surface area contributed by atoms with Crippen LogP contribution in [0.1, 0.15) is 26.5 Å². The van der Waals surface area contributed by atoms with Crippen molar-refractivity contribution in [3.05, 3.63) is 18.1 Å². The molecular formula is C13H19N3O. The van der Waals surface area contributed by atoms with Crippen LogP contribution < -0.4 is 4.90 Å². The van der Waals surface area contributed by atoms with Crippen molar-refractivity contribution in [3.8, 4) is 0 Å². The van der Waals surface area contributed by atoms with Crippen molar-refractivity contribution in [1.29, 1.82) is 0 Å². The van der Waals surface area contributed by atoms with Crippen molar-refractivity contribution in [1.82, 2.24) is 9.97 Å². The fourth-order valence-electron chi connectivity index (χ4n) is 2.37. The summed E-state index contributed by atoms with van der Waals surface area (Å²) in [5.74, 6) is 1.01. The van der Waals surface area contributed by atoms with Crippen molar-refractivity contribution in [2.75, 3.05) is 31.2 Å². The first-order valence-electron chi connectivity index (χ1n) is 6.14. The van der Waals surface area contributed by atoms with Crippen LogP contribution in [0.4, 0.5) is 5.82 Å². The summed E-state index contributed by atoms with van der Waals surface area (Å²) < 4.78 is 5.28. The maximum absolute atomic E-state index is 5.28. The third-order valence-electron chi connectivity index (χ3n) is 3.58. The maximum Gasteiger partial charge on any atom is 0.147 e. The van der Waals surface area contributed by atoms with Crippen LogP contribution in [0.5, 0.6) is 0 Å². The molecule has 3 rings (SSSR count). The molecule has 4 heteroatoms. The minimum Gasteiger partial charge on any atom is -0.380 e. The molecule has 4 nitrogen and oxygen atoms in total. The largest absolute Gasteiger partial charge is 0.380 e. The Balaban J connectivity index is 1.76. The molecule has 1 spiro atoms. The number of anilines is 1. The summed E-state index contributed by atoms with van der Waals surface area (Å²) in [6.45, 7) is 10.4. The van der Waals surface area contributed by atoms with Gasteiger partial charge in [-0.25, -0.2) is 4.98 Å². The maximum atomic E-state index is 5.28. The van der Waals surface area contributed by atoms with E-state index in [1.54, 1.807) is 0 Å². The van der Waals surface area contributed by atoms with Gasteiger partial charge in [-0.15, -0.1) is 0 Å². The first kappa shape index (κ1) is 11.0. The van der Waals surface area contributed by atoms with E-state index in [1.165, 1.54) is 0 Å². The van der Waals surface area contributed by atoms with Gasteiger partial charge in [-0.05, 0) is 0 Å². The first-order chi connectivity index (χ1) is 7.99. The van der Waals surface area contributed by atoms with Crippen molar-refractivity contribution in [2.45, 2.75) is 26.2 Å². The standard InChI is InChI=1S/C13H19N3O/c1-12(2,3)10-4-14-5-11(15-10)16-6-13(7-16)8-17-9-13/h4-5H,6-9H2,1-3H3. The number of hydrogen-bond acceptors (Lipinski definition) is 4. The summed E-state index contributed by atoms with van der Waals surface area (Å²) in [5, 5.41) is 0.